The fourth-order valence-corrected chi connectivity index (χ4v) is 1.92. The first-order valence-corrected chi connectivity index (χ1v) is 6.17. The molecule has 0 amide bonds. The van der Waals surface area contributed by atoms with Crippen LogP contribution in [0.2, 0.25) is 0 Å². The van der Waals surface area contributed by atoms with Gasteiger partial charge < -0.3 is 9.84 Å². The Morgan fingerprint density at radius 2 is 1.50 bits per heavy atom. The Morgan fingerprint density at radius 3 is 2.17 bits per heavy atom. The molecule has 2 rings (SSSR count). The van der Waals surface area contributed by atoms with E-state index in [1.54, 1.807) is 6.92 Å². The molecule has 0 aliphatic rings. The topological polar surface area (TPSA) is 29.5 Å². The van der Waals surface area contributed by atoms with E-state index in [0.717, 1.165) is 16.9 Å². The zero-order valence-electron chi connectivity index (χ0n) is 10.7. The van der Waals surface area contributed by atoms with Gasteiger partial charge in [0.15, 0.2) is 0 Å². The molecule has 0 saturated heterocycles. The van der Waals surface area contributed by atoms with Gasteiger partial charge in [-0.1, -0.05) is 48.5 Å². The summed E-state index contributed by atoms with van der Waals surface area (Å²) in [5, 5.41) is 9.71. The van der Waals surface area contributed by atoms with Crippen molar-refractivity contribution >= 4 is 0 Å². The van der Waals surface area contributed by atoms with Crippen molar-refractivity contribution < 1.29 is 9.84 Å². The average Bonchev–Trinajstić information content (AvgIpc) is 2.40. The molecule has 0 radical (unpaired) electrons. The smallest absolute Gasteiger partial charge is 0.126 e. The van der Waals surface area contributed by atoms with Crippen molar-refractivity contribution in [3.05, 3.63) is 65.7 Å². The third-order valence-corrected chi connectivity index (χ3v) is 2.94. The molecule has 0 fully saturated rings. The fourth-order valence-electron chi connectivity index (χ4n) is 1.92. The maximum atomic E-state index is 9.71. The molecular weight excluding hydrogens is 224 g/mol. The SMILES string of the molecule is C[C@H](Oc1ccccc1[C@@H](C)O)c1ccccc1. The Kier molecular flexibility index (Phi) is 4.00. The Morgan fingerprint density at radius 1 is 0.889 bits per heavy atom. The summed E-state index contributed by atoms with van der Waals surface area (Å²) in [4.78, 5) is 0. The minimum absolute atomic E-state index is 0.0360. The lowest BCUT2D eigenvalue weighted by molar-refractivity contribution is 0.179. The van der Waals surface area contributed by atoms with Crippen LogP contribution in [-0.2, 0) is 0 Å². The highest BCUT2D eigenvalue weighted by atomic mass is 16.5. The van der Waals surface area contributed by atoms with Crippen molar-refractivity contribution in [2.45, 2.75) is 26.1 Å². The van der Waals surface area contributed by atoms with Crippen LogP contribution in [0.3, 0.4) is 0 Å². The normalized spacial score (nSPS) is 13.9. The fraction of sp³-hybridized carbons (Fsp3) is 0.250. The van der Waals surface area contributed by atoms with Crippen LogP contribution in [0.25, 0.3) is 0 Å². The lowest BCUT2D eigenvalue weighted by Crippen LogP contribution is -2.05. The second-order valence-electron chi connectivity index (χ2n) is 4.38. The first kappa shape index (κ1) is 12.7. The van der Waals surface area contributed by atoms with Crippen molar-refractivity contribution in [1.82, 2.24) is 0 Å². The van der Waals surface area contributed by atoms with Gasteiger partial charge in [0, 0.05) is 5.56 Å². The number of benzene rings is 2. The second kappa shape index (κ2) is 5.69. The summed E-state index contributed by atoms with van der Waals surface area (Å²) >= 11 is 0. The Hall–Kier alpha value is -1.80. The number of para-hydroxylation sites is 1. The molecule has 2 heteroatoms. The summed E-state index contributed by atoms with van der Waals surface area (Å²) in [5.41, 5.74) is 1.94. The predicted molar refractivity (Wildman–Crippen MR) is 72.6 cm³/mol. The third kappa shape index (κ3) is 2.90. The molecule has 2 atom stereocenters. The first-order chi connectivity index (χ1) is 8.68. The quantitative estimate of drug-likeness (QED) is 0.881. The minimum atomic E-state index is -0.524. The third-order valence-electron chi connectivity index (χ3n) is 2.94. The molecule has 2 nitrogen and oxygen atoms in total. The van der Waals surface area contributed by atoms with E-state index in [1.165, 1.54) is 0 Å². The predicted octanol–water partition coefficient (Wildman–Crippen LogP) is 3.88. The molecule has 2 aromatic carbocycles. The lowest BCUT2D eigenvalue weighted by Gasteiger charge is -2.18. The first-order valence-electron chi connectivity index (χ1n) is 6.17. The maximum absolute atomic E-state index is 9.71. The molecule has 2 aromatic rings. The van der Waals surface area contributed by atoms with E-state index in [4.69, 9.17) is 4.74 Å². The maximum Gasteiger partial charge on any atom is 0.126 e. The highest BCUT2D eigenvalue weighted by Gasteiger charge is 2.12. The van der Waals surface area contributed by atoms with Gasteiger partial charge in [0.2, 0.25) is 0 Å². The Balaban J connectivity index is 2.19. The van der Waals surface area contributed by atoms with Crippen LogP contribution >= 0.6 is 0 Å². The molecule has 0 aliphatic carbocycles. The highest BCUT2D eigenvalue weighted by molar-refractivity contribution is 5.35. The monoisotopic (exact) mass is 242 g/mol. The Labute approximate surface area is 108 Å². The van der Waals surface area contributed by atoms with Gasteiger partial charge in [-0.3, -0.25) is 0 Å². The largest absolute Gasteiger partial charge is 0.486 e. The van der Waals surface area contributed by atoms with Crippen molar-refractivity contribution in [3.8, 4) is 5.75 Å². The van der Waals surface area contributed by atoms with Crippen molar-refractivity contribution in [1.29, 1.82) is 0 Å². The molecule has 0 bridgehead atoms. The van der Waals surface area contributed by atoms with E-state index >= 15 is 0 Å². The average molecular weight is 242 g/mol. The lowest BCUT2D eigenvalue weighted by atomic mass is 10.1. The number of rotatable bonds is 4. The molecule has 0 unspecified atom stereocenters. The minimum Gasteiger partial charge on any atom is -0.486 e. The molecular formula is C16H18O2. The van der Waals surface area contributed by atoms with Gasteiger partial charge in [-0.2, -0.15) is 0 Å². The van der Waals surface area contributed by atoms with E-state index in [1.807, 2.05) is 61.5 Å². The van der Waals surface area contributed by atoms with E-state index < -0.39 is 6.10 Å². The highest BCUT2D eigenvalue weighted by Crippen LogP contribution is 2.28. The van der Waals surface area contributed by atoms with Crippen LogP contribution in [0.15, 0.2) is 54.6 Å². The van der Waals surface area contributed by atoms with Crippen molar-refractivity contribution in [2.24, 2.45) is 0 Å². The van der Waals surface area contributed by atoms with Crippen molar-refractivity contribution in [2.75, 3.05) is 0 Å². The molecule has 0 saturated carbocycles. The van der Waals surface area contributed by atoms with Gasteiger partial charge in [-0.15, -0.1) is 0 Å². The van der Waals surface area contributed by atoms with Gasteiger partial charge in [0.25, 0.3) is 0 Å². The van der Waals surface area contributed by atoms with Crippen molar-refractivity contribution in [3.63, 3.8) is 0 Å². The molecule has 18 heavy (non-hydrogen) atoms. The van der Waals surface area contributed by atoms with E-state index in [2.05, 4.69) is 0 Å². The zero-order valence-corrected chi connectivity index (χ0v) is 10.7. The van der Waals surface area contributed by atoms with Crippen LogP contribution in [0.1, 0.15) is 37.2 Å². The van der Waals surface area contributed by atoms with Crippen LogP contribution < -0.4 is 4.74 Å². The van der Waals surface area contributed by atoms with Gasteiger partial charge in [0.1, 0.15) is 11.9 Å². The van der Waals surface area contributed by atoms with Gasteiger partial charge in [-0.05, 0) is 25.5 Å². The zero-order chi connectivity index (χ0) is 13.0. The van der Waals surface area contributed by atoms with Crippen LogP contribution in [-0.4, -0.2) is 5.11 Å². The molecule has 0 aliphatic heterocycles. The number of aliphatic hydroxyl groups is 1. The van der Waals surface area contributed by atoms with E-state index in [-0.39, 0.29) is 6.10 Å². The Bertz CT molecular complexity index is 491. The molecule has 0 aromatic heterocycles. The molecule has 94 valence electrons. The standard InChI is InChI=1S/C16H18O2/c1-12(17)15-10-6-7-11-16(15)18-13(2)14-8-4-3-5-9-14/h3-13,17H,1-2H3/t12-,13+/m1/s1. The summed E-state index contributed by atoms with van der Waals surface area (Å²) in [5.74, 6) is 0.740. The van der Waals surface area contributed by atoms with Crippen LogP contribution in [0.5, 0.6) is 5.75 Å². The van der Waals surface area contributed by atoms with Gasteiger partial charge in [-0.25, -0.2) is 0 Å². The van der Waals surface area contributed by atoms with Crippen LogP contribution in [0, 0.1) is 0 Å². The van der Waals surface area contributed by atoms with E-state index in [9.17, 15) is 5.11 Å². The summed E-state index contributed by atoms with van der Waals surface area (Å²) in [6, 6.07) is 17.6. The van der Waals surface area contributed by atoms with Crippen LogP contribution in [0.4, 0.5) is 0 Å². The number of hydrogen-bond donors (Lipinski definition) is 1. The summed E-state index contributed by atoms with van der Waals surface area (Å²) < 4.78 is 5.93. The molecule has 0 spiro atoms. The number of hydrogen-bond acceptors (Lipinski definition) is 2. The number of ether oxygens (including phenoxy) is 1. The molecule has 1 N–H and O–H groups in total. The number of aliphatic hydroxyl groups excluding tert-OH is 1. The summed E-state index contributed by atoms with van der Waals surface area (Å²) in [7, 11) is 0. The second-order valence-corrected chi connectivity index (χ2v) is 4.38. The van der Waals surface area contributed by atoms with Gasteiger partial charge >= 0.3 is 0 Å². The summed E-state index contributed by atoms with van der Waals surface area (Å²) in [6.07, 6.45) is -0.560. The van der Waals surface area contributed by atoms with Gasteiger partial charge in [0.05, 0.1) is 6.10 Å². The summed E-state index contributed by atoms with van der Waals surface area (Å²) in [6.45, 7) is 3.75. The van der Waals surface area contributed by atoms with E-state index in [0.29, 0.717) is 0 Å². The molecule has 0 heterocycles.